The molecule has 2 N–H and O–H groups in total. The number of nitrogens with zero attached hydrogens (tertiary/aromatic N) is 3. The van der Waals surface area contributed by atoms with Crippen molar-refractivity contribution in [2.24, 2.45) is 0 Å². The molecule has 1 unspecified atom stereocenters. The maximum Gasteiger partial charge on any atom is 0.127 e. The number of anilines is 1. The molecule has 0 bridgehead atoms. The number of piperidine rings is 1. The molecule has 3 heterocycles. The van der Waals surface area contributed by atoms with Gasteiger partial charge in [0, 0.05) is 31.0 Å². The Morgan fingerprint density at radius 3 is 2.91 bits per heavy atom. The summed E-state index contributed by atoms with van der Waals surface area (Å²) < 4.78 is 6.02. The van der Waals surface area contributed by atoms with Crippen LogP contribution >= 0.6 is 0 Å². The van der Waals surface area contributed by atoms with Gasteiger partial charge in [-0.05, 0) is 37.6 Å². The number of nitrogens with two attached hydrogens (primary N) is 1. The molecular formula is C17H22N4O. The van der Waals surface area contributed by atoms with E-state index in [1.807, 2.05) is 30.3 Å². The molecule has 0 spiro atoms. The average molecular weight is 298 g/mol. The van der Waals surface area contributed by atoms with E-state index in [1.165, 1.54) is 0 Å². The van der Waals surface area contributed by atoms with Gasteiger partial charge in [0.05, 0.1) is 18.4 Å². The molecular weight excluding hydrogens is 276 g/mol. The van der Waals surface area contributed by atoms with Crippen molar-refractivity contribution in [3.05, 3.63) is 54.0 Å². The molecule has 2 aromatic rings. The lowest BCUT2D eigenvalue weighted by Gasteiger charge is -2.32. The summed E-state index contributed by atoms with van der Waals surface area (Å²) in [5.41, 5.74) is 8.00. The highest BCUT2D eigenvalue weighted by atomic mass is 16.5. The Bertz CT molecular complexity index is 590. The standard InChI is InChI=1S/C17H22N4O/c18-17-14(5-3-9-20-17)11-21-10-4-7-16(12-21)22-13-15-6-1-2-8-19-15/h1-3,5-6,8-9,16H,4,7,10-13H2,(H2,18,20). The normalized spacial score (nSPS) is 19.2. The Labute approximate surface area is 131 Å². The van der Waals surface area contributed by atoms with E-state index in [0.717, 1.165) is 43.7 Å². The molecule has 0 saturated carbocycles. The SMILES string of the molecule is Nc1ncccc1CN1CCCC(OCc2ccccn2)C1. The van der Waals surface area contributed by atoms with Gasteiger partial charge < -0.3 is 10.5 Å². The second-order valence-corrected chi connectivity index (χ2v) is 5.68. The smallest absolute Gasteiger partial charge is 0.127 e. The number of ether oxygens (including phenoxy) is 1. The third-order valence-electron chi connectivity index (χ3n) is 3.98. The number of pyridine rings is 2. The minimum Gasteiger partial charge on any atom is -0.383 e. The van der Waals surface area contributed by atoms with Crippen molar-refractivity contribution in [2.75, 3.05) is 18.8 Å². The summed E-state index contributed by atoms with van der Waals surface area (Å²) in [7, 11) is 0. The zero-order valence-corrected chi connectivity index (χ0v) is 12.7. The molecule has 1 aliphatic heterocycles. The Morgan fingerprint density at radius 2 is 2.09 bits per heavy atom. The predicted molar refractivity (Wildman–Crippen MR) is 86.0 cm³/mol. The molecule has 22 heavy (non-hydrogen) atoms. The van der Waals surface area contributed by atoms with Crippen molar-refractivity contribution >= 4 is 5.82 Å². The van der Waals surface area contributed by atoms with E-state index in [9.17, 15) is 0 Å². The molecule has 0 amide bonds. The maximum atomic E-state index is 6.02. The molecule has 5 nitrogen and oxygen atoms in total. The van der Waals surface area contributed by atoms with Crippen LogP contribution in [0.5, 0.6) is 0 Å². The molecule has 1 fully saturated rings. The number of hydrogen-bond donors (Lipinski definition) is 1. The largest absolute Gasteiger partial charge is 0.383 e. The van der Waals surface area contributed by atoms with Gasteiger partial charge >= 0.3 is 0 Å². The number of aromatic nitrogens is 2. The molecule has 1 atom stereocenters. The maximum absolute atomic E-state index is 6.02. The minimum absolute atomic E-state index is 0.258. The zero-order chi connectivity index (χ0) is 15.2. The van der Waals surface area contributed by atoms with Crippen LogP contribution in [0.2, 0.25) is 0 Å². The van der Waals surface area contributed by atoms with Crippen LogP contribution < -0.4 is 5.73 Å². The van der Waals surface area contributed by atoms with Gasteiger partial charge in [-0.1, -0.05) is 12.1 Å². The van der Waals surface area contributed by atoms with Crippen LogP contribution in [0.4, 0.5) is 5.82 Å². The third-order valence-corrected chi connectivity index (χ3v) is 3.98. The molecule has 116 valence electrons. The molecule has 3 rings (SSSR count). The van der Waals surface area contributed by atoms with Gasteiger partial charge in [-0.3, -0.25) is 9.88 Å². The lowest BCUT2D eigenvalue weighted by atomic mass is 10.1. The molecule has 1 aliphatic rings. The Morgan fingerprint density at radius 1 is 1.18 bits per heavy atom. The molecule has 0 radical (unpaired) electrons. The highest BCUT2D eigenvalue weighted by Gasteiger charge is 2.21. The topological polar surface area (TPSA) is 64.3 Å². The van der Waals surface area contributed by atoms with Gasteiger partial charge in [0.1, 0.15) is 5.82 Å². The highest BCUT2D eigenvalue weighted by Crippen LogP contribution is 2.18. The quantitative estimate of drug-likeness (QED) is 0.917. The monoisotopic (exact) mass is 298 g/mol. The van der Waals surface area contributed by atoms with Gasteiger partial charge in [0.25, 0.3) is 0 Å². The van der Waals surface area contributed by atoms with Crippen LogP contribution in [0.15, 0.2) is 42.7 Å². The predicted octanol–water partition coefficient (Wildman–Crippen LogP) is 2.24. The average Bonchev–Trinajstić information content (AvgIpc) is 2.57. The van der Waals surface area contributed by atoms with Crippen LogP contribution in [-0.2, 0) is 17.9 Å². The summed E-state index contributed by atoms with van der Waals surface area (Å²) in [6.07, 6.45) is 6.04. The molecule has 5 heteroatoms. The first kappa shape index (κ1) is 14.9. The lowest BCUT2D eigenvalue weighted by molar-refractivity contribution is -0.0132. The van der Waals surface area contributed by atoms with Crippen LogP contribution in [-0.4, -0.2) is 34.1 Å². The van der Waals surface area contributed by atoms with Crippen LogP contribution in [0.3, 0.4) is 0 Å². The summed E-state index contributed by atoms with van der Waals surface area (Å²) >= 11 is 0. The molecule has 0 aliphatic carbocycles. The Balaban J connectivity index is 1.52. The van der Waals surface area contributed by atoms with Crippen molar-refractivity contribution in [3.63, 3.8) is 0 Å². The third kappa shape index (κ3) is 4.02. The Kier molecular flexibility index (Phi) is 4.98. The Hall–Kier alpha value is -1.98. The number of nitrogen functional groups attached to an aromatic ring is 1. The molecule has 2 aromatic heterocycles. The minimum atomic E-state index is 0.258. The van der Waals surface area contributed by atoms with Gasteiger partial charge in [-0.25, -0.2) is 4.98 Å². The van der Waals surface area contributed by atoms with E-state index in [1.54, 1.807) is 12.4 Å². The van der Waals surface area contributed by atoms with Crippen molar-refractivity contribution < 1.29 is 4.74 Å². The van der Waals surface area contributed by atoms with Gasteiger partial charge in [0.2, 0.25) is 0 Å². The number of likely N-dealkylation sites (tertiary alicyclic amines) is 1. The van der Waals surface area contributed by atoms with E-state index in [-0.39, 0.29) is 6.10 Å². The van der Waals surface area contributed by atoms with Crippen LogP contribution in [0.1, 0.15) is 24.1 Å². The van der Waals surface area contributed by atoms with Crippen LogP contribution in [0.25, 0.3) is 0 Å². The van der Waals surface area contributed by atoms with Gasteiger partial charge in [0.15, 0.2) is 0 Å². The van der Waals surface area contributed by atoms with Gasteiger partial charge in [-0.15, -0.1) is 0 Å². The number of rotatable bonds is 5. The fourth-order valence-electron chi connectivity index (χ4n) is 2.80. The van der Waals surface area contributed by atoms with E-state index < -0.39 is 0 Å². The summed E-state index contributed by atoms with van der Waals surface area (Å²) in [4.78, 5) is 10.8. The second kappa shape index (κ2) is 7.33. The van der Waals surface area contributed by atoms with E-state index in [0.29, 0.717) is 12.4 Å². The first-order valence-corrected chi connectivity index (χ1v) is 7.74. The lowest BCUT2D eigenvalue weighted by Crippen LogP contribution is -2.39. The van der Waals surface area contributed by atoms with E-state index in [2.05, 4.69) is 14.9 Å². The molecule has 1 saturated heterocycles. The van der Waals surface area contributed by atoms with Gasteiger partial charge in [-0.2, -0.15) is 0 Å². The number of hydrogen-bond acceptors (Lipinski definition) is 5. The first-order valence-electron chi connectivity index (χ1n) is 7.74. The van der Waals surface area contributed by atoms with Crippen molar-refractivity contribution in [3.8, 4) is 0 Å². The highest BCUT2D eigenvalue weighted by molar-refractivity contribution is 5.38. The van der Waals surface area contributed by atoms with Crippen molar-refractivity contribution in [1.82, 2.24) is 14.9 Å². The first-order chi connectivity index (χ1) is 10.8. The summed E-state index contributed by atoms with van der Waals surface area (Å²) in [6, 6.07) is 9.89. The summed E-state index contributed by atoms with van der Waals surface area (Å²) in [5.74, 6) is 0.624. The van der Waals surface area contributed by atoms with Crippen molar-refractivity contribution in [1.29, 1.82) is 0 Å². The van der Waals surface area contributed by atoms with E-state index in [4.69, 9.17) is 10.5 Å². The summed E-state index contributed by atoms with van der Waals surface area (Å²) in [5, 5.41) is 0. The fraction of sp³-hybridized carbons (Fsp3) is 0.412. The van der Waals surface area contributed by atoms with E-state index >= 15 is 0 Å². The molecule has 0 aromatic carbocycles. The summed E-state index contributed by atoms with van der Waals surface area (Å²) in [6.45, 7) is 3.43. The second-order valence-electron chi connectivity index (χ2n) is 5.68. The van der Waals surface area contributed by atoms with Crippen LogP contribution in [0, 0.1) is 0 Å². The zero-order valence-electron chi connectivity index (χ0n) is 12.7. The fourth-order valence-corrected chi connectivity index (χ4v) is 2.80. The van der Waals surface area contributed by atoms with Crippen molar-refractivity contribution in [2.45, 2.75) is 32.1 Å².